The summed E-state index contributed by atoms with van der Waals surface area (Å²) in [5, 5.41) is 0. The molecule has 2 aliphatic rings. The quantitative estimate of drug-likeness (QED) is 0.746. The molecular formula is C20H31N3O3S. The first-order valence-corrected chi connectivity index (χ1v) is 11.9. The highest BCUT2D eigenvalue weighted by Gasteiger charge is 2.22. The Kier molecular flexibility index (Phi) is 6.63. The Balaban J connectivity index is 1.66. The SMILES string of the molecule is CS(=O)(=O)N(CCC(=O)N1CCCCC1)c1ccc(N2CCCCC2)cc1. The van der Waals surface area contributed by atoms with E-state index in [1.165, 1.54) is 36.2 Å². The Morgan fingerprint density at radius 1 is 0.926 bits per heavy atom. The third-order valence-corrected chi connectivity index (χ3v) is 6.69. The number of hydrogen-bond acceptors (Lipinski definition) is 4. The van der Waals surface area contributed by atoms with Crippen LogP contribution in [0.1, 0.15) is 44.9 Å². The monoisotopic (exact) mass is 393 g/mol. The van der Waals surface area contributed by atoms with Gasteiger partial charge in [-0.1, -0.05) is 0 Å². The minimum absolute atomic E-state index is 0.0493. The highest BCUT2D eigenvalue weighted by molar-refractivity contribution is 7.92. The lowest BCUT2D eigenvalue weighted by Crippen LogP contribution is -2.39. The number of anilines is 2. The zero-order valence-electron chi connectivity index (χ0n) is 16.3. The first-order valence-electron chi connectivity index (χ1n) is 10.1. The molecule has 2 aliphatic heterocycles. The second-order valence-electron chi connectivity index (χ2n) is 7.59. The van der Waals surface area contributed by atoms with Crippen LogP contribution in [0.2, 0.25) is 0 Å². The molecular weight excluding hydrogens is 362 g/mol. The van der Waals surface area contributed by atoms with Crippen molar-refractivity contribution in [2.45, 2.75) is 44.9 Å². The van der Waals surface area contributed by atoms with Crippen LogP contribution in [0, 0.1) is 0 Å². The van der Waals surface area contributed by atoms with Crippen molar-refractivity contribution in [2.24, 2.45) is 0 Å². The van der Waals surface area contributed by atoms with E-state index in [-0.39, 0.29) is 18.9 Å². The number of piperidine rings is 2. The van der Waals surface area contributed by atoms with Crippen LogP contribution in [0.25, 0.3) is 0 Å². The molecule has 27 heavy (non-hydrogen) atoms. The summed E-state index contributed by atoms with van der Waals surface area (Å²) in [5.74, 6) is 0.0493. The van der Waals surface area contributed by atoms with E-state index < -0.39 is 10.0 Å². The molecule has 1 amide bonds. The molecule has 1 aromatic carbocycles. The summed E-state index contributed by atoms with van der Waals surface area (Å²) < 4.78 is 26.0. The van der Waals surface area contributed by atoms with E-state index in [2.05, 4.69) is 4.90 Å². The number of benzene rings is 1. The summed E-state index contributed by atoms with van der Waals surface area (Å²) in [6.07, 6.45) is 8.37. The lowest BCUT2D eigenvalue weighted by atomic mass is 10.1. The number of carbonyl (C=O) groups excluding carboxylic acids is 1. The van der Waals surface area contributed by atoms with E-state index in [4.69, 9.17) is 0 Å². The van der Waals surface area contributed by atoms with Gasteiger partial charge in [-0.3, -0.25) is 9.10 Å². The molecule has 0 N–H and O–H groups in total. The Morgan fingerprint density at radius 3 is 2.04 bits per heavy atom. The van der Waals surface area contributed by atoms with Gasteiger partial charge in [-0.2, -0.15) is 0 Å². The van der Waals surface area contributed by atoms with Crippen LogP contribution in [0.15, 0.2) is 24.3 Å². The lowest BCUT2D eigenvalue weighted by molar-refractivity contribution is -0.131. The number of amides is 1. The van der Waals surface area contributed by atoms with Gasteiger partial charge in [0.05, 0.1) is 11.9 Å². The Bertz CT molecular complexity index is 721. The molecule has 150 valence electrons. The predicted octanol–water partition coefficient (Wildman–Crippen LogP) is 2.85. The van der Waals surface area contributed by atoms with Crippen molar-refractivity contribution in [1.82, 2.24) is 4.90 Å². The smallest absolute Gasteiger partial charge is 0.232 e. The third kappa shape index (κ3) is 5.37. The van der Waals surface area contributed by atoms with E-state index in [1.807, 2.05) is 29.2 Å². The molecule has 3 rings (SSSR count). The van der Waals surface area contributed by atoms with E-state index in [0.717, 1.165) is 44.7 Å². The maximum absolute atomic E-state index is 12.4. The third-order valence-electron chi connectivity index (χ3n) is 5.50. The molecule has 2 fully saturated rings. The average Bonchev–Trinajstić information content (AvgIpc) is 2.69. The maximum atomic E-state index is 12.4. The van der Waals surface area contributed by atoms with Gasteiger partial charge < -0.3 is 9.80 Å². The van der Waals surface area contributed by atoms with E-state index in [0.29, 0.717) is 5.69 Å². The predicted molar refractivity (Wildman–Crippen MR) is 110 cm³/mol. The molecule has 0 atom stereocenters. The van der Waals surface area contributed by atoms with Gasteiger partial charge in [0.25, 0.3) is 0 Å². The van der Waals surface area contributed by atoms with Crippen LogP contribution >= 0.6 is 0 Å². The normalized spacial score (nSPS) is 18.4. The van der Waals surface area contributed by atoms with Gasteiger partial charge in [0.1, 0.15) is 0 Å². The van der Waals surface area contributed by atoms with Crippen LogP contribution in [-0.2, 0) is 14.8 Å². The zero-order chi connectivity index (χ0) is 19.3. The fraction of sp³-hybridized carbons (Fsp3) is 0.650. The van der Waals surface area contributed by atoms with E-state index >= 15 is 0 Å². The van der Waals surface area contributed by atoms with Crippen molar-refractivity contribution >= 4 is 27.3 Å². The summed E-state index contributed by atoms with van der Waals surface area (Å²) in [7, 11) is -3.43. The molecule has 0 radical (unpaired) electrons. The van der Waals surface area contributed by atoms with Gasteiger partial charge in [0.2, 0.25) is 15.9 Å². The molecule has 2 heterocycles. The van der Waals surface area contributed by atoms with Gasteiger partial charge in [-0.05, 0) is 62.8 Å². The number of likely N-dealkylation sites (tertiary alicyclic amines) is 1. The maximum Gasteiger partial charge on any atom is 0.232 e. The van der Waals surface area contributed by atoms with Crippen molar-refractivity contribution in [2.75, 3.05) is 48.2 Å². The number of sulfonamides is 1. The van der Waals surface area contributed by atoms with Crippen LogP contribution in [0.3, 0.4) is 0 Å². The molecule has 0 bridgehead atoms. The Labute approximate surface area is 163 Å². The van der Waals surface area contributed by atoms with Crippen LogP contribution in [0.4, 0.5) is 11.4 Å². The first kappa shape index (κ1) is 20.0. The number of carbonyl (C=O) groups is 1. The molecule has 0 unspecified atom stereocenters. The second kappa shape index (κ2) is 8.95. The Hall–Kier alpha value is -1.76. The highest BCUT2D eigenvalue weighted by atomic mass is 32.2. The van der Waals surface area contributed by atoms with Crippen LogP contribution in [-0.4, -0.2) is 58.2 Å². The van der Waals surface area contributed by atoms with E-state index in [1.54, 1.807) is 0 Å². The lowest BCUT2D eigenvalue weighted by Gasteiger charge is -2.30. The largest absolute Gasteiger partial charge is 0.372 e. The summed E-state index contributed by atoms with van der Waals surface area (Å²) in [6.45, 7) is 3.89. The van der Waals surface area contributed by atoms with Crippen molar-refractivity contribution in [3.63, 3.8) is 0 Å². The van der Waals surface area contributed by atoms with Gasteiger partial charge >= 0.3 is 0 Å². The average molecular weight is 394 g/mol. The fourth-order valence-corrected chi connectivity index (χ4v) is 4.89. The van der Waals surface area contributed by atoms with Crippen molar-refractivity contribution in [3.8, 4) is 0 Å². The summed E-state index contributed by atoms with van der Waals surface area (Å²) in [6, 6.07) is 7.70. The molecule has 0 saturated carbocycles. The number of nitrogens with zero attached hydrogens (tertiary/aromatic N) is 3. The van der Waals surface area contributed by atoms with Crippen LogP contribution < -0.4 is 9.21 Å². The van der Waals surface area contributed by atoms with Crippen molar-refractivity contribution in [1.29, 1.82) is 0 Å². The minimum Gasteiger partial charge on any atom is -0.372 e. The topological polar surface area (TPSA) is 60.9 Å². The summed E-state index contributed by atoms with van der Waals surface area (Å²) in [4.78, 5) is 16.6. The van der Waals surface area contributed by atoms with Crippen molar-refractivity contribution in [3.05, 3.63) is 24.3 Å². The molecule has 1 aromatic rings. The second-order valence-corrected chi connectivity index (χ2v) is 9.50. The highest BCUT2D eigenvalue weighted by Crippen LogP contribution is 2.25. The zero-order valence-corrected chi connectivity index (χ0v) is 17.1. The van der Waals surface area contributed by atoms with Gasteiger partial charge in [-0.15, -0.1) is 0 Å². The first-order chi connectivity index (χ1) is 12.9. The van der Waals surface area contributed by atoms with Crippen LogP contribution in [0.5, 0.6) is 0 Å². The number of hydrogen-bond donors (Lipinski definition) is 0. The minimum atomic E-state index is -3.43. The Morgan fingerprint density at radius 2 is 1.48 bits per heavy atom. The summed E-state index contributed by atoms with van der Waals surface area (Å²) in [5.41, 5.74) is 1.76. The van der Waals surface area contributed by atoms with Gasteiger partial charge in [0.15, 0.2) is 0 Å². The standard InChI is InChI=1S/C20H31N3O3S/c1-27(25,26)23(17-12-20(24)22-15-6-3-7-16-22)19-10-8-18(9-11-19)21-13-4-2-5-14-21/h8-11H,2-7,12-17H2,1H3. The van der Waals surface area contributed by atoms with E-state index in [9.17, 15) is 13.2 Å². The van der Waals surface area contributed by atoms with Gasteiger partial charge in [0, 0.05) is 44.8 Å². The summed E-state index contributed by atoms with van der Waals surface area (Å²) >= 11 is 0. The van der Waals surface area contributed by atoms with Crippen molar-refractivity contribution < 1.29 is 13.2 Å². The molecule has 2 saturated heterocycles. The molecule has 0 aromatic heterocycles. The number of rotatable bonds is 6. The molecule has 0 aliphatic carbocycles. The molecule has 0 spiro atoms. The van der Waals surface area contributed by atoms with Gasteiger partial charge in [-0.25, -0.2) is 8.42 Å². The molecule has 6 nitrogen and oxygen atoms in total. The molecule has 7 heteroatoms. The fourth-order valence-electron chi connectivity index (χ4n) is 3.97.